The first kappa shape index (κ1) is 17.9. The molecule has 0 unspecified atom stereocenters. The van der Waals surface area contributed by atoms with Gasteiger partial charge in [-0.3, -0.25) is 9.78 Å². The standard InChI is InChI=1S/C25H22N2O/c1-18(19-10-4-2-5-11-19)23(20-12-6-3-7-13-20)25(28)27-22-16-8-14-21-15-9-17-26-24(21)22/h2-18,23H,1H3,(H,27,28)/t18-,23-/m1/s1. The summed E-state index contributed by atoms with van der Waals surface area (Å²) < 4.78 is 0. The predicted octanol–water partition coefficient (Wildman–Crippen LogP) is 5.76. The summed E-state index contributed by atoms with van der Waals surface area (Å²) >= 11 is 0. The summed E-state index contributed by atoms with van der Waals surface area (Å²) in [5.74, 6) is -0.296. The lowest BCUT2D eigenvalue weighted by Gasteiger charge is -2.24. The lowest BCUT2D eigenvalue weighted by Crippen LogP contribution is -2.25. The first-order chi connectivity index (χ1) is 13.7. The van der Waals surface area contributed by atoms with E-state index in [1.165, 1.54) is 0 Å². The maximum Gasteiger partial charge on any atom is 0.232 e. The molecule has 3 heteroatoms. The van der Waals surface area contributed by atoms with E-state index in [1.807, 2.05) is 78.9 Å². The Kier molecular flexibility index (Phi) is 5.16. The Morgan fingerprint density at radius 2 is 1.43 bits per heavy atom. The molecule has 3 nitrogen and oxygen atoms in total. The second-order valence-electron chi connectivity index (χ2n) is 6.96. The Balaban J connectivity index is 1.71. The van der Waals surface area contributed by atoms with Crippen LogP contribution in [-0.4, -0.2) is 10.9 Å². The predicted molar refractivity (Wildman–Crippen MR) is 114 cm³/mol. The zero-order valence-corrected chi connectivity index (χ0v) is 15.7. The number of nitrogens with one attached hydrogen (secondary N) is 1. The molecule has 0 radical (unpaired) electrons. The quantitative estimate of drug-likeness (QED) is 0.488. The molecular formula is C25H22N2O. The van der Waals surface area contributed by atoms with Crippen LogP contribution in [0.3, 0.4) is 0 Å². The van der Waals surface area contributed by atoms with Gasteiger partial charge >= 0.3 is 0 Å². The number of amides is 1. The van der Waals surface area contributed by atoms with Gasteiger partial charge in [-0.25, -0.2) is 0 Å². The number of benzene rings is 3. The smallest absolute Gasteiger partial charge is 0.232 e. The molecule has 1 N–H and O–H groups in total. The summed E-state index contributed by atoms with van der Waals surface area (Å²) in [6.07, 6.45) is 1.75. The number of anilines is 1. The molecule has 0 saturated heterocycles. The summed E-state index contributed by atoms with van der Waals surface area (Å²) in [4.78, 5) is 17.9. The van der Waals surface area contributed by atoms with Crippen molar-refractivity contribution in [2.75, 3.05) is 5.32 Å². The fraction of sp³-hybridized carbons (Fsp3) is 0.120. The third-order valence-electron chi connectivity index (χ3n) is 5.16. The molecule has 1 aromatic heterocycles. The number of carbonyl (C=O) groups excluding carboxylic acids is 1. The molecule has 2 atom stereocenters. The van der Waals surface area contributed by atoms with Gasteiger partial charge in [-0.15, -0.1) is 0 Å². The highest BCUT2D eigenvalue weighted by Crippen LogP contribution is 2.34. The van der Waals surface area contributed by atoms with E-state index >= 15 is 0 Å². The van der Waals surface area contributed by atoms with E-state index in [4.69, 9.17) is 0 Å². The van der Waals surface area contributed by atoms with Crippen molar-refractivity contribution in [3.05, 3.63) is 108 Å². The first-order valence-corrected chi connectivity index (χ1v) is 9.48. The maximum absolute atomic E-state index is 13.4. The number of rotatable bonds is 5. The fourth-order valence-electron chi connectivity index (χ4n) is 3.69. The van der Waals surface area contributed by atoms with Crippen molar-refractivity contribution in [2.45, 2.75) is 18.8 Å². The second kappa shape index (κ2) is 8.05. The number of hydrogen-bond donors (Lipinski definition) is 1. The summed E-state index contributed by atoms with van der Waals surface area (Å²) in [6, 6.07) is 29.9. The molecule has 28 heavy (non-hydrogen) atoms. The van der Waals surface area contributed by atoms with Crippen molar-refractivity contribution in [1.29, 1.82) is 0 Å². The van der Waals surface area contributed by atoms with Crippen LogP contribution in [0.4, 0.5) is 5.69 Å². The van der Waals surface area contributed by atoms with Gasteiger partial charge in [0.2, 0.25) is 5.91 Å². The third kappa shape index (κ3) is 3.65. The summed E-state index contributed by atoms with van der Waals surface area (Å²) in [5, 5.41) is 4.14. The van der Waals surface area contributed by atoms with Gasteiger partial charge in [0, 0.05) is 11.6 Å². The second-order valence-corrected chi connectivity index (χ2v) is 6.96. The molecule has 0 spiro atoms. The molecule has 138 valence electrons. The number of para-hydroxylation sites is 1. The summed E-state index contributed by atoms with van der Waals surface area (Å²) in [6.45, 7) is 2.11. The minimum atomic E-state index is -0.303. The Morgan fingerprint density at radius 3 is 2.14 bits per heavy atom. The molecule has 0 bridgehead atoms. The molecule has 0 saturated carbocycles. The molecular weight excluding hydrogens is 344 g/mol. The van der Waals surface area contributed by atoms with Gasteiger partial charge in [0.05, 0.1) is 17.1 Å². The highest BCUT2D eigenvalue weighted by atomic mass is 16.1. The third-order valence-corrected chi connectivity index (χ3v) is 5.16. The normalized spacial score (nSPS) is 13.0. The number of carbonyl (C=O) groups is 1. The number of nitrogens with zero attached hydrogens (tertiary/aromatic N) is 1. The Labute approximate surface area is 165 Å². The van der Waals surface area contributed by atoms with Crippen molar-refractivity contribution in [1.82, 2.24) is 4.98 Å². The Bertz CT molecular complexity index is 1070. The van der Waals surface area contributed by atoms with Crippen molar-refractivity contribution in [3.8, 4) is 0 Å². The van der Waals surface area contributed by atoms with Gasteiger partial charge < -0.3 is 5.32 Å². The van der Waals surface area contributed by atoms with Crippen LogP contribution in [0.15, 0.2) is 97.2 Å². The minimum absolute atomic E-state index is 0.0271. The van der Waals surface area contributed by atoms with Gasteiger partial charge in [-0.2, -0.15) is 0 Å². The average Bonchev–Trinajstić information content (AvgIpc) is 2.75. The summed E-state index contributed by atoms with van der Waals surface area (Å²) in [7, 11) is 0. The molecule has 0 aliphatic rings. The summed E-state index contributed by atoms with van der Waals surface area (Å²) in [5.41, 5.74) is 3.69. The molecule has 0 fully saturated rings. The van der Waals surface area contributed by atoms with Crippen LogP contribution < -0.4 is 5.32 Å². The minimum Gasteiger partial charge on any atom is -0.324 e. The Morgan fingerprint density at radius 1 is 0.786 bits per heavy atom. The number of hydrogen-bond acceptors (Lipinski definition) is 2. The highest BCUT2D eigenvalue weighted by molar-refractivity contribution is 6.03. The maximum atomic E-state index is 13.4. The number of fused-ring (bicyclic) bond motifs is 1. The van der Waals surface area contributed by atoms with Crippen LogP contribution in [0.25, 0.3) is 10.9 Å². The van der Waals surface area contributed by atoms with E-state index in [0.29, 0.717) is 0 Å². The molecule has 4 rings (SSSR count). The SMILES string of the molecule is C[C@H](c1ccccc1)[C@@H](C(=O)Nc1cccc2cccnc12)c1ccccc1. The zero-order chi connectivity index (χ0) is 19.3. The van der Waals surface area contributed by atoms with Crippen LogP contribution in [0, 0.1) is 0 Å². The van der Waals surface area contributed by atoms with E-state index in [-0.39, 0.29) is 17.7 Å². The lowest BCUT2D eigenvalue weighted by atomic mass is 9.82. The van der Waals surface area contributed by atoms with Crippen molar-refractivity contribution in [2.24, 2.45) is 0 Å². The molecule has 0 aliphatic carbocycles. The topological polar surface area (TPSA) is 42.0 Å². The van der Waals surface area contributed by atoms with Crippen LogP contribution in [0.5, 0.6) is 0 Å². The number of aromatic nitrogens is 1. The van der Waals surface area contributed by atoms with Crippen LogP contribution >= 0.6 is 0 Å². The van der Waals surface area contributed by atoms with Crippen LogP contribution in [0.1, 0.15) is 29.9 Å². The average molecular weight is 366 g/mol. The fourth-order valence-corrected chi connectivity index (χ4v) is 3.69. The largest absolute Gasteiger partial charge is 0.324 e. The van der Waals surface area contributed by atoms with Gasteiger partial charge in [-0.1, -0.05) is 85.8 Å². The number of pyridine rings is 1. The van der Waals surface area contributed by atoms with E-state index in [9.17, 15) is 4.79 Å². The monoisotopic (exact) mass is 366 g/mol. The van der Waals surface area contributed by atoms with Crippen molar-refractivity contribution < 1.29 is 4.79 Å². The first-order valence-electron chi connectivity index (χ1n) is 9.48. The zero-order valence-electron chi connectivity index (χ0n) is 15.7. The lowest BCUT2D eigenvalue weighted by molar-refractivity contribution is -0.118. The van der Waals surface area contributed by atoms with E-state index < -0.39 is 0 Å². The molecule has 0 aliphatic heterocycles. The molecule has 1 amide bonds. The van der Waals surface area contributed by atoms with E-state index in [0.717, 1.165) is 27.7 Å². The van der Waals surface area contributed by atoms with Gasteiger partial charge in [-0.05, 0) is 29.2 Å². The van der Waals surface area contributed by atoms with E-state index in [2.05, 4.69) is 29.4 Å². The Hall–Kier alpha value is -3.46. The van der Waals surface area contributed by atoms with Crippen molar-refractivity contribution >= 4 is 22.5 Å². The van der Waals surface area contributed by atoms with Gasteiger partial charge in [0.15, 0.2) is 0 Å². The van der Waals surface area contributed by atoms with E-state index in [1.54, 1.807) is 6.20 Å². The van der Waals surface area contributed by atoms with Gasteiger partial charge in [0.1, 0.15) is 0 Å². The molecule has 3 aromatic carbocycles. The van der Waals surface area contributed by atoms with Crippen LogP contribution in [-0.2, 0) is 4.79 Å². The highest BCUT2D eigenvalue weighted by Gasteiger charge is 2.28. The van der Waals surface area contributed by atoms with Crippen LogP contribution in [0.2, 0.25) is 0 Å². The molecule has 4 aromatic rings. The molecule has 1 heterocycles. The van der Waals surface area contributed by atoms with Gasteiger partial charge in [0.25, 0.3) is 0 Å². The van der Waals surface area contributed by atoms with Crippen molar-refractivity contribution in [3.63, 3.8) is 0 Å².